The Labute approximate surface area is 248 Å². The first kappa shape index (κ1) is 29.2. The van der Waals surface area contributed by atoms with Gasteiger partial charge < -0.3 is 29.4 Å². The lowest BCUT2D eigenvalue weighted by molar-refractivity contribution is -0.129. The van der Waals surface area contributed by atoms with Crippen molar-refractivity contribution in [3.63, 3.8) is 0 Å². The number of hydrogen-bond donors (Lipinski definition) is 2. The Hall–Kier alpha value is -5.26. The highest BCUT2D eigenvalue weighted by atomic mass is 16.5. The second-order valence-electron chi connectivity index (χ2n) is 9.93. The maximum absolute atomic E-state index is 13.4. The molecule has 4 aromatic rings. The third kappa shape index (κ3) is 7.34. The smallest absolute Gasteiger partial charge is 0.274 e. The van der Waals surface area contributed by atoms with E-state index in [2.05, 4.69) is 25.6 Å². The van der Waals surface area contributed by atoms with E-state index in [0.29, 0.717) is 40.8 Å². The summed E-state index contributed by atoms with van der Waals surface area (Å²) < 4.78 is 17.4. The minimum Gasteiger partial charge on any atom is -0.493 e. The lowest BCUT2D eigenvalue weighted by Gasteiger charge is -2.24. The summed E-state index contributed by atoms with van der Waals surface area (Å²) in [5.41, 5.74) is 2.19. The van der Waals surface area contributed by atoms with Crippen LogP contribution in [0.1, 0.15) is 33.9 Å². The Morgan fingerprint density at radius 1 is 1.14 bits per heavy atom. The van der Waals surface area contributed by atoms with Crippen LogP contribution in [0.3, 0.4) is 0 Å². The van der Waals surface area contributed by atoms with Gasteiger partial charge in [-0.1, -0.05) is 30.3 Å². The van der Waals surface area contributed by atoms with Crippen LogP contribution < -0.4 is 20.1 Å². The van der Waals surface area contributed by atoms with Crippen LogP contribution in [0, 0.1) is 6.92 Å². The number of hydrogen-bond acceptors (Lipinski definition) is 9. The molecule has 12 heteroatoms. The molecule has 0 spiro atoms. The molecule has 3 amide bonds. The van der Waals surface area contributed by atoms with E-state index in [9.17, 15) is 14.4 Å². The van der Waals surface area contributed by atoms with E-state index < -0.39 is 23.8 Å². The molecule has 0 aliphatic carbocycles. The monoisotopic (exact) mass is 584 g/mol. The van der Waals surface area contributed by atoms with Gasteiger partial charge >= 0.3 is 0 Å². The molecule has 3 heterocycles. The van der Waals surface area contributed by atoms with Crippen LogP contribution in [-0.4, -0.2) is 70.4 Å². The standard InChI is InChI=1S/C31H32N6O6/c1-20-24-18-34-29(39)23(15-21-7-4-3-5-8-21)35-28(38)19-37(31(40)25-17-32-11-12-33-25)13-6-14-42-27-16-22(30(36-24)43-20)9-10-26(27)41-2/h3-5,7-12,16-17,23H,6,13-15,18-19H2,1-2H3,(H,34,39)(H,35,38)/t23-/m1/s1. The quantitative estimate of drug-likeness (QED) is 0.369. The highest BCUT2D eigenvalue weighted by molar-refractivity contribution is 5.95. The van der Waals surface area contributed by atoms with Gasteiger partial charge in [-0.2, -0.15) is 0 Å². The molecule has 0 saturated carbocycles. The Balaban J connectivity index is 1.45. The molecule has 2 aromatic carbocycles. The van der Waals surface area contributed by atoms with E-state index in [4.69, 9.17) is 13.9 Å². The SMILES string of the molecule is COc1ccc2cc1OCCCN(C(=O)c1cnccn1)CC(=O)N[C@H](Cc1ccccc1)C(=O)NCc1nc-2oc1C. The van der Waals surface area contributed by atoms with Crippen LogP contribution in [0.5, 0.6) is 11.5 Å². The first-order valence-electron chi connectivity index (χ1n) is 13.8. The molecule has 1 atom stereocenters. The normalized spacial score (nSPS) is 16.2. The van der Waals surface area contributed by atoms with Crippen molar-refractivity contribution < 1.29 is 28.3 Å². The number of rotatable bonds is 4. The Morgan fingerprint density at radius 3 is 2.74 bits per heavy atom. The molecule has 0 radical (unpaired) electrons. The molecule has 0 unspecified atom stereocenters. The van der Waals surface area contributed by atoms with Crippen molar-refractivity contribution in [1.82, 2.24) is 30.5 Å². The maximum atomic E-state index is 13.4. The van der Waals surface area contributed by atoms with Crippen LogP contribution in [0.25, 0.3) is 11.5 Å². The number of nitrogens with one attached hydrogen (secondary N) is 2. The van der Waals surface area contributed by atoms with E-state index in [-0.39, 0.29) is 38.4 Å². The summed E-state index contributed by atoms with van der Waals surface area (Å²) in [6.45, 7) is 1.97. The van der Waals surface area contributed by atoms with Gasteiger partial charge in [0.05, 0.1) is 33.0 Å². The molecule has 2 N–H and O–H groups in total. The number of amides is 3. The van der Waals surface area contributed by atoms with E-state index in [1.54, 1.807) is 26.2 Å². The number of fused-ring (bicyclic) bond motifs is 5. The Bertz CT molecular complexity index is 1580. The number of aromatic nitrogens is 3. The molecule has 5 rings (SSSR count). The Morgan fingerprint density at radius 2 is 1.98 bits per heavy atom. The van der Waals surface area contributed by atoms with E-state index in [1.165, 1.54) is 23.5 Å². The summed E-state index contributed by atoms with van der Waals surface area (Å²) in [5, 5.41) is 5.70. The third-order valence-electron chi connectivity index (χ3n) is 6.90. The van der Waals surface area contributed by atoms with Crippen LogP contribution in [0.4, 0.5) is 0 Å². The van der Waals surface area contributed by atoms with Crippen molar-refractivity contribution in [3.8, 4) is 23.0 Å². The van der Waals surface area contributed by atoms with Gasteiger partial charge in [-0.15, -0.1) is 0 Å². The van der Waals surface area contributed by atoms with Gasteiger partial charge in [0.1, 0.15) is 23.2 Å². The second kappa shape index (κ2) is 13.6. The van der Waals surface area contributed by atoms with E-state index in [1.807, 2.05) is 36.4 Å². The summed E-state index contributed by atoms with van der Waals surface area (Å²) in [6, 6.07) is 13.8. The number of oxazole rings is 1. The first-order valence-corrected chi connectivity index (χ1v) is 13.8. The number of benzene rings is 2. The van der Waals surface area contributed by atoms with Gasteiger partial charge in [0.25, 0.3) is 5.91 Å². The second-order valence-corrected chi connectivity index (χ2v) is 9.93. The van der Waals surface area contributed by atoms with Gasteiger partial charge in [0.2, 0.25) is 17.7 Å². The van der Waals surface area contributed by atoms with Crippen molar-refractivity contribution in [2.75, 3.05) is 26.8 Å². The fourth-order valence-corrected chi connectivity index (χ4v) is 4.67. The highest BCUT2D eigenvalue weighted by Gasteiger charge is 2.26. The molecule has 0 fully saturated rings. The lowest BCUT2D eigenvalue weighted by Crippen LogP contribution is -2.51. The molecule has 2 aromatic heterocycles. The number of carbonyl (C=O) groups is 3. The molecular weight excluding hydrogens is 552 g/mol. The zero-order chi connectivity index (χ0) is 30.2. The average Bonchev–Trinajstić information content (AvgIpc) is 3.41. The molecule has 4 bridgehead atoms. The molecule has 12 nitrogen and oxygen atoms in total. The van der Waals surface area contributed by atoms with Crippen LogP contribution in [0.2, 0.25) is 0 Å². The van der Waals surface area contributed by atoms with E-state index in [0.717, 1.165) is 5.56 Å². The predicted octanol–water partition coefficient (Wildman–Crippen LogP) is 2.72. The first-order chi connectivity index (χ1) is 20.9. The molecular formula is C31H32N6O6. The zero-order valence-corrected chi connectivity index (χ0v) is 23.9. The largest absolute Gasteiger partial charge is 0.493 e. The summed E-state index contributed by atoms with van der Waals surface area (Å²) in [6.07, 6.45) is 4.87. The molecule has 1 aliphatic rings. The predicted molar refractivity (Wildman–Crippen MR) is 155 cm³/mol. The van der Waals surface area contributed by atoms with Gasteiger partial charge in [0, 0.05) is 30.9 Å². The van der Waals surface area contributed by atoms with Crippen molar-refractivity contribution in [2.45, 2.75) is 32.4 Å². The third-order valence-corrected chi connectivity index (χ3v) is 6.90. The van der Waals surface area contributed by atoms with Crippen molar-refractivity contribution in [1.29, 1.82) is 0 Å². The number of aryl methyl sites for hydroxylation is 1. The van der Waals surface area contributed by atoms with Crippen molar-refractivity contribution in [3.05, 3.63) is 89.8 Å². The molecule has 222 valence electrons. The topological polar surface area (TPSA) is 149 Å². The molecule has 0 saturated heterocycles. The van der Waals surface area contributed by atoms with Gasteiger partial charge in [-0.3, -0.25) is 19.4 Å². The lowest BCUT2D eigenvalue weighted by atomic mass is 10.1. The summed E-state index contributed by atoms with van der Waals surface area (Å²) in [7, 11) is 1.54. The van der Waals surface area contributed by atoms with Crippen molar-refractivity contribution in [2.24, 2.45) is 0 Å². The average molecular weight is 585 g/mol. The van der Waals surface area contributed by atoms with Crippen molar-refractivity contribution >= 4 is 17.7 Å². The van der Waals surface area contributed by atoms with Gasteiger partial charge in [-0.05, 0) is 37.1 Å². The summed E-state index contributed by atoms with van der Waals surface area (Å²) >= 11 is 0. The van der Waals surface area contributed by atoms with Crippen LogP contribution in [0.15, 0.2) is 71.5 Å². The fraction of sp³-hybridized carbons (Fsp3) is 0.290. The molecule has 1 aliphatic heterocycles. The van der Waals surface area contributed by atoms with Crippen LogP contribution in [-0.2, 0) is 22.6 Å². The zero-order valence-electron chi connectivity index (χ0n) is 23.9. The van der Waals surface area contributed by atoms with Gasteiger partial charge in [-0.25, -0.2) is 9.97 Å². The molecule has 43 heavy (non-hydrogen) atoms. The number of methoxy groups -OCH3 is 1. The number of nitrogens with zero attached hydrogens (tertiary/aromatic N) is 4. The minimum atomic E-state index is -0.901. The number of ether oxygens (including phenoxy) is 2. The minimum absolute atomic E-state index is 0.0894. The summed E-state index contributed by atoms with van der Waals surface area (Å²) in [4.78, 5) is 54.1. The van der Waals surface area contributed by atoms with E-state index >= 15 is 0 Å². The summed E-state index contributed by atoms with van der Waals surface area (Å²) in [5.74, 6) is 0.554. The maximum Gasteiger partial charge on any atom is 0.274 e. The Kier molecular flexibility index (Phi) is 9.25. The highest BCUT2D eigenvalue weighted by Crippen LogP contribution is 2.33. The number of carbonyl (C=O) groups excluding carboxylic acids is 3. The van der Waals surface area contributed by atoms with Gasteiger partial charge in [0.15, 0.2) is 11.5 Å². The fourth-order valence-electron chi connectivity index (χ4n) is 4.67. The van der Waals surface area contributed by atoms with Crippen LogP contribution >= 0.6 is 0 Å².